The average Bonchev–Trinajstić information content (AvgIpc) is 2.25. The van der Waals surface area contributed by atoms with Gasteiger partial charge in [0.2, 0.25) is 0 Å². The lowest BCUT2D eigenvalue weighted by molar-refractivity contribution is 0.223. The van der Waals surface area contributed by atoms with Crippen molar-refractivity contribution in [1.29, 1.82) is 0 Å². The molecule has 1 N–H and O–H groups in total. The molecule has 1 atom stereocenters. The van der Waals surface area contributed by atoms with Gasteiger partial charge in [0.15, 0.2) is 0 Å². The Labute approximate surface area is 111 Å². The van der Waals surface area contributed by atoms with Crippen LogP contribution in [0.3, 0.4) is 0 Å². The summed E-state index contributed by atoms with van der Waals surface area (Å²) in [5, 5.41) is 9.21. The van der Waals surface area contributed by atoms with Gasteiger partial charge in [-0.15, -0.1) is 0 Å². The van der Waals surface area contributed by atoms with Crippen molar-refractivity contribution in [3.05, 3.63) is 29.8 Å². The molecule has 0 saturated carbocycles. The Morgan fingerprint density at radius 2 is 1.67 bits per heavy atom. The van der Waals surface area contributed by atoms with Crippen LogP contribution in [0.15, 0.2) is 24.3 Å². The van der Waals surface area contributed by atoms with Crippen LogP contribution in [-0.2, 0) is 0 Å². The van der Waals surface area contributed by atoms with Crippen LogP contribution in [-0.4, -0.2) is 17.8 Å². The highest BCUT2D eigenvalue weighted by molar-refractivity contribution is 5.30. The largest absolute Gasteiger partial charge is 0.491 e. The predicted molar refractivity (Wildman–Crippen MR) is 76.1 cm³/mol. The van der Waals surface area contributed by atoms with Crippen LogP contribution in [0, 0.1) is 5.41 Å². The van der Waals surface area contributed by atoms with E-state index in [0.29, 0.717) is 5.92 Å². The van der Waals surface area contributed by atoms with Crippen molar-refractivity contribution in [2.45, 2.75) is 53.1 Å². The molecule has 2 heteroatoms. The fourth-order valence-electron chi connectivity index (χ4n) is 2.28. The van der Waals surface area contributed by atoms with E-state index in [2.05, 4.69) is 32.9 Å². The van der Waals surface area contributed by atoms with E-state index in [4.69, 9.17) is 4.74 Å². The summed E-state index contributed by atoms with van der Waals surface area (Å²) in [6.45, 7) is 10.9. The van der Waals surface area contributed by atoms with Gasteiger partial charge < -0.3 is 9.84 Å². The predicted octanol–water partition coefficient (Wildman–Crippen LogP) is 3.99. The Morgan fingerprint density at radius 1 is 1.11 bits per heavy atom. The molecule has 0 aliphatic heterocycles. The van der Waals surface area contributed by atoms with Crippen LogP contribution < -0.4 is 4.74 Å². The maximum Gasteiger partial charge on any atom is 0.119 e. The van der Waals surface area contributed by atoms with Crippen LogP contribution in [0.25, 0.3) is 0 Å². The molecule has 0 aliphatic rings. The third-order valence-corrected chi connectivity index (χ3v) is 3.12. The summed E-state index contributed by atoms with van der Waals surface area (Å²) in [7, 11) is 0. The first-order valence-corrected chi connectivity index (χ1v) is 6.72. The molecule has 1 rings (SSSR count). The monoisotopic (exact) mass is 250 g/mol. The summed E-state index contributed by atoms with van der Waals surface area (Å²) in [6, 6.07) is 8.27. The Morgan fingerprint density at radius 3 is 2.06 bits per heavy atom. The highest BCUT2D eigenvalue weighted by Crippen LogP contribution is 2.37. The van der Waals surface area contributed by atoms with Crippen LogP contribution >= 0.6 is 0 Å². The van der Waals surface area contributed by atoms with Crippen molar-refractivity contribution in [3.8, 4) is 5.75 Å². The van der Waals surface area contributed by atoms with Crippen LogP contribution in [0.4, 0.5) is 0 Å². The molecule has 0 heterocycles. The Balaban J connectivity index is 2.87. The van der Waals surface area contributed by atoms with E-state index >= 15 is 0 Å². The van der Waals surface area contributed by atoms with Gasteiger partial charge in [0.05, 0.1) is 6.10 Å². The summed E-state index contributed by atoms with van der Waals surface area (Å²) < 4.78 is 5.65. The van der Waals surface area contributed by atoms with Gasteiger partial charge in [0.1, 0.15) is 5.75 Å². The molecule has 0 aliphatic carbocycles. The van der Waals surface area contributed by atoms with Crippen LogP contribution in [0.5, 0.6) is 5.75 Å². The van der Waals surface area contributed by atoms with Gasteiger partial charge in [0, 0.05) is 6.61 Å². The first-order chi connectivity index (χ1) is 8.34. The van der Waals surface area contributed by atoms with E-state index in [1.54, 1.807) is 0 Å². The summed E-state index contributed by atoms with van der Waals surface area (Å²) in [4.78, 5) is 0. The molecule has 18 heavy (non-hydrogen) atoms. The fraction of sp³-hybridized carbons (Fsp3) is 0.625. The second-order valence-electron chi connectivity index (χ2n) is 6.17. The summed E-state index contributed by atoms with van der Waals surface area (Å²) in [6.07, 6.45) is 1.00. The van der Waals surface area contributed by atoms with Gasteiger partial charge in [-0.2, -0.15) is 0 Å². The average molecular weight is 250 g/mol. The zero-order valence-corrected chi connectivity index (χ0v) is 12.2. The fourth-order valence-corrected chi connectivity index (χ4v) is 2.28. The Kier molecular flexibility index (Phi) is 5.21. The minimum absolute atomic E-state index is 0.156. The maximum atomic E-state index is 9.21. The molecule has 0 saturated heterocycles. The Hall–Kier alpha value is -1.02. The van der Waals surface area contributed by atoms with Crippen molar-refractivity contribution in [2.24, 2.45) is 5.41 Å². The lowest BCUT2D eigenvalue weighted by Gasteiger charge is -2.31. The Bertz CT molecular complexity index is 346. The summed E-state index contributed by atoms with van der Waals surface area (Å²) in [5.74, 6) is 1.28. The molecule has 0 aromatic heterocycles. The van der Waals surface area contributed by atoms with E-state index < -0.39 is 0 Å². The number of hydrogen-bond donors (Lipinski definition) is 1. The summed E-state index contributed by atoms with van der Waals surface area (Å²) in [5.41, 5.74) is 1.43. The summed E-state index contributed by atoms with van der Waals surface area (Å²) >= 11 is 0. The molecule has 1 unspecified atom stereocenters. The number of rotatable bonds is 5. The van der Waals surface area contributed by atoms with Crippen molar-refractivity contribution in [2.75, 3.05) is 6.61 Å². The highest BCUT2D eigenvalue weighted by Gasteiger charge is 2.25. The highest BCUT2D eigenvalue weighted by atomic mass is 16.5. The molecule has 1 aromatic carbocycles. The molecule has 0 amide bonds. The third-order valence-electron chi connectivity index (χ3n) is 3.12. The maximum absolute atomic E-state index is 9.21. The van der Waals surface area contributed by atoms with Gasteiger partial charge in [-0.3, -0.25) is 0 Å². The van der Waals surface area contributed by atoms with Crippen molar-refractivity contribution >= 4 is 0 Å². The second-order valence-corrected chi connectivity index (χ2v) is 6.17. The van der Waals surface area contributed by atoms with E-state index in [9.17, 15) is 5.11 Å². The quantitative estimate of drug-likeness (QED) is 0.856. The smallest absolute Gasteiger partial charge is 0.119 e. The number of aliphatic hydroxyl groups excluding tert-OH is 1. The van der Waals surface area contributed by atoms with E-state index in [1.807, 2.05) is 26.0 Å². The zero-order valence-electron chi connectivity index (χ0n) is 12.2. The molecular weight excluding hydrogens is 224 g/mol. The van der Waals surface area contributed by atoms with Gasteiger partial charge in [-0.05, 0) is 49.3 Å². The molecule has 1 aromatic rings. The standard InChI is InChI=1S/C16H26O2/c1-12(2)18-14-8-6-13(7-9-14)15(10-11-17)16(3,4)5/h6-9,12,15,17H,10-11H2,1-5H3. The van der Waals surface area contributed by atoms with Crippen molar-refractivity contribution in [3.63, 3.8) is 0 Å². The lowest BCUT2D eigenvalue weighted by atomic mass is 9.75. The van der Waals surface area contributed by atoms with E-state index in [0.717, 1.165) is 12.2 Å². The number of ether oxygens (including phenoxy) is 1. The minimum atomic E-state index is 0.156. The van der Waals surface area contributed by atoms with Gasteiger partial charge in [-0.25, -0.2) is 0 Å². The van der Waals surface area contributed by atoms with Gasteiger partial charge in [0.25, 0.3) is 0 Å². The molecule has 2 nitrogen and oxygen atoms in total. The molecule has 0 fully saturated rings. The SMILES string of the molecule is CC(C)Oc1ccc(C(CCO)C(C)(C)C)cc1. The lowest BCUT2D eigenvalue weighted by Crippen LogP contribution is -2.19. The van der Waals surface area contributed by atoms with Crippen molar-refractivity contribution < 1.29 is 9.84 Å². The number of benzene rings is 1. The molecule has 0 bridgehead atoms. The minimum Gasteiger partial charge on any atom is -0.491 e. The number of hydrogen-bond acceptors (Lipinski definition) is 2. The van der Waals surface area contributed by atoms with Gasteiger partial charge >= 0.3 is 0 Å². The van der Waals surface area contributed by atoms with Crippen molar-refractivity contribution in [1.82, 2.24) is 0 Å². The van der Waals surface area contributed by atoms with E-state index in [-0.39, 0.29) is 18.1 Å². The van der Waals surface area contributed by atoms with Crippen LogP contribution in [0.1, 0.15) is 52.5 Å². The normalized spacial score (nSPS) is 13.7. The molecule has 0 radical (unpaired) electrons. The topological polar surface area (TPSA) is 29.5 Å². The molecule has 102 valence electrons. The first kappa shape index (κ1) is 15.0. The number of aliphatic hydroxyl groups is 1. The van der Waals surface area contributed by atoms with Gasteiger partial charge in [-0.1, -0.05) is 32.9 Å². The molecule has 0 spiro atoms. The molecular formula is C16H26O2. The second kappa shape index (κ2) is 6.24. The zero-order chi connectivity index (χ0) is 13.8. The third kappa shape index (κ3) is 4.34. The van der Waals surface area contributed by atoms with Crippen LogP contribution in [0.2, 0.25) is 0 Å². The van der Waals surface area contributed by atoms with E-state index in [1.165, 1.54) is 5.56 Å². The first-order valence-electron chi connectivity index (χ1n) is 6.72.